The van der Waals surface area contributed by atoms with Crippen molar-refractivity contribution in [3.8, 4) is 40.0 Å². The molecule has 1 amide bonds. The van der Waals surface area contributed by atoms with Crippen LogP contribution in [0.3, 0.4) is 0 Å². The van der Waals surface area contributed by atoms with Gasteiger partial charge in [0.05, 0.1) is 24.0 Å². The van der Waals surface area contributed by atoms with Gasteiger partial charge in [0, 0.05) is 42.7 Å². The van der Waals surface area contributed by atoms with E-state index in [9.17, 15) is 4.79 Å². The van der Waals surface area contributed by atoms with Gasteiger partial charge in [-0.15, -0.1) is 0 Å². The number of aryl methyl sites for hydroxylation is 1. The molecule has 45 heavy (non-hydrogen) atoms. The van der Waals surface area contributed by atoms with E-state index in [0.29, 0.717) is 48.3 Å². The van der Waals surface area contributed by atoms with E-state index in [1.807, 2.05) is 37.4 Å². The second-order valence-corrected chi connectivity index (χ2v) is 13.3. The molecule has 2 unspecified atom stereocenters. The number of hydrogen-bond acceptors (Lipinski definition) is 6. The molecular formula is C36H37N5O4. The molecule has 2 bridgehead atoms. The molecule has 0 N–H and O–H groups in total. The molecule has 0 spiro atoms. The first-order chi connectivity index (χ1) is 22.0. The van der Waals surface area contributed by atoms with Gasteiger partial charge in [-0.25, -0.2) is 9.97 Å². The summed E-state index contributed by atoms with van der Waals surface area (Å²) in [4.78, 5) is 26.2. The predicted molar refractivity (Wildman–Crippen MR) is 172 cm³/mol. The minimum Gasteiger partial charge on any atom is -0.494 e. The summed E-state index contributed by atoms with van der Waals surface area (Å²) in [6.45, 7) is 5.14. The number of ether oxygens (including phenoxy) is 3. The van der Waals surface area contributed by atoms with Crippen LogP contribution in [0, 0.1) is 17.8 Å². The maximum Gasteiger partial charge on any atom is 0.254 e. The third-order valence-electron chi connectivity index (χ3n) is 10.6. The minimum absolute atomic E-state index is 0.0835. The number of benzene rings is 2. The molecule has 9 heteroatoms. The summed E-state index contributed by atoms with van der Waals surface area (Å²) < 4.78 is 21.9. The average Bonchev–Trinajstić information content (AvgIpc) is 3.47. The van der Waals surface area contributed by atoms with Crippen molar-refractivity contribution in [3.05, 3.63) is 54.1 Å². The normalized spacial score (nSPS) is 22.1. The van der Waals surface area contributed by atoms with Gasteiger partial charge >= 0.3 is 0 Å². The number of imidazole rings is 1. The topological polar surface area (TPSA) is 83.6 Å². The Labute approximate surface area is 261 Å². The number of fused-ring (bicyclic) bond motifs is 5. The zero-order valence-corrected chi connectivity index (χ0v) is 26.0. The van der Waals surface area contributed by atoms with Crippen LogP contribution in [-0.4, -0.2) is 62.8 Å². The van der Waals surface area contributed by atoms with Gasteiger partial charge in [-0.3, -0.25) is 4.79 Å². The highest BCUT2D eigenvalue weighted by atomic mass is 16.6. The molecule has 4 aliphatic rings. The summed E-state index contributed by atoms with van der Waals surface area (Å²) in [7, 11) is 3.70. The maximum absolute atomic E-state index is 13.8. The van der Waals surface area contributed by atoms with Crippen molar-refractivity contribution in [2.75, 3.05) is 26.9 Å². The molecule has 2 aromatic carbocycles. The van der Waals surface area contributed by atoms with Gasteiger partial charge in [-0.1, -0.05) is 6.92 Å². The first-order valence-electron chi connectivity index (χ1n) is 16.2. The third kappa shape index (κ3) is 4.23. The second-order valence-electron chi connectivity index (χ2n) is 13.3. The lowest BCUT2D eigenvalue weighted by Gasteiger charge is -2.27. The number of pyridine rings is 1. The van der Waals surface area contributed by atoms with Crippen LogP contribution in [-0.2, 0) is 13.6 Å². The van der Waals surface area contributed by atoms with E-state index in [2.05, 4.69) is 39.2 Å². The molecule has 3 atom stereocenters. The molecule has 3 fully saturated rings. The van der Waals surface area contributed by atoms with Crippen molar-refractivity contribution in [1.82, 2.24) is 24.0 Å². The van der Waals surface area contributed by atoms with E-state index in [1.165, 1.54) is 19.3 Å². The Hall–Kier alpha value is -4.53. The summed E-state index contributed by atoms with van der Waals surface area (Å²) in [6, 6.07) is 16.6. The van der Waals surface area contributed by atoms with Crippen LogP contribution < -0.4 is 14.2 Å². The van der Waals surface area contributed by atoms with Crippen LogP contribution in [0.15, 0.2) is 48.5 Å². The Morgan fingerprint density at radius 2 is 1.82 bits per heavy atom. The van der Waals surface area contributed by atoms with Crippen LogP contribution in [0.1, 0.15) is 43.0 Å². The number of aromatic nitrogens is 4. The number of carbonyl (C=O) groups excluding carboxylic acids is 1. The number of methoxy groups -OCH3 is 1. The van der Waals surface area contributed by atoms with Crippen molar-refractivity contribution in [3.63, 3.8) is 0 Å². The Morgan fingerprint density at radius 1 is 0.978 bits per heavy atom. The minimum atomic E-state index is 0.0835. The quantitative estimate of drug-likeness (QED) is 0.226. The number of likely N-dealkylation sites (tertiary alicyclic amines) is 1. The lowest BCUT2D eigenvalue weighted by atomic mass is 10.0. The van der Waals surface area contributed by atoms with E-state index in [1.54, 1.807) is 7.11 Å². The monoisotopic (exact) mass is 603 g/mol. The standard InChI is InChI=1S/C36H37N5O4/c1-20-24-7-10-28(20)41(19-24)36(42)25-14-27-33(32(17-25)43-3)39(2)35(38-27)29-15-23-6-9-26(37-34(23)40(29)18-21-4-5-21)22-8-11-30-31(16-22)45-13-12-44-30/h6,8-9,11,14-17,20-21,24,28H,4-5,7,10,12-13,18-19H2,1-3H3/t20-,24?,28?/m1/s1. The highest BCUT2D eigenvalue weighted by molar-refractivity contribution is 6.00. The highest BCUT2D eigenvalue weighted by Crippen LogP contribution is 2.44. The number of carbonyl (C=O) groups is 1. The van der Waals surface area contributed by atoms with Crippen molar-refractivity contribution in [2.24, 2.45) is 24.8 Å². The maximum atomic E-state index is 13.8. The number of piperidine rings is 1. The molecule has 5 heterocycles. The molecular weight excluding hydrogens is 566 g/mol. The smallest absolute Gasteiger partial charge is 0.254 e. The number of amides is 1. The average molecular weight is 604 g/mol. The molecule has 9 nitrogen and oxygen atoms in total. The van der Waals surface area contributed by atoms with Crippen LogP contribution in [0.25, 0.3) is 44.8 Å². The van der Waals surface area contributed by atoms with Gasteiger partial charge in [0.25, 0.3) is 5.91 Å². The first kappa shape index (κ1) is 26.8. The molecule has 2 aliphatic carbocycles. The lowest BCUT2D eigenvalue weighted by Crippen LogP contribution is -2.38. The highest BCUT2D eigenvalue weighted by Gasteiger charge is 2.46. The van der Waals surface area contributed by atoms with Crippen molar-refractivity contribution < 1.29 is 19.0 Å². The summed E-state index contributed by atoms with van der Waals surface area (Å²) >= 11 is 0. The Bertz CT molecular complexity index is 2010. The molecule has 230 valence electrons. The summed E-state index contributed by atoms with van der Waals surface area (Å²) in [5, 5.41) is 1.07. The summed E-state index contributed by atoms with van der Waals surface area (Å²) in [5.41, 5.74) is 6.13. The van der Waals surface area contributed by atoms with Gasteiger partial charge < -0.3 is 28.2 Å². The zero-order valence-electron chi connectivity index (χ0n) is 26.0. The Kier molecular flexibility index (Phi) is 5.96. The number of hydrogen-bond donors (Lipinski definition) is 0. The van der Waals surface area contributed by atoms with E-state index >= 15 is 0 Å². The molecule has 0 radical (unpaired) electrons. The fraction of sp³-hybridized carbons (Fsp3) is 0.417. The first-order valence-corrected chi connectivity index (χ1v) is 16.2. The van der Waals surface area contributed by atoms with Gasteiger partial charge in [0.1, 0.15) is 30.1 Å². The van der Waals surface area contributed by atoms with Gasteiger partial charge in [-0.2, -0.15) is 0 Å². The molecule has 2 saturated carbocycles. The predicted octanol–water partition coefficient (Wildman–Crippen LogP) is 6.32. The van der Waals surface area contributed by atoms with Crippen molar-refractivity contribution in [2.45, 2.75) is 45.2 Å². The van der Waals surface area contributed by atoms with Crippen LogP contribution in [0.5, 0.6) is 17.2 Å². The second kappa shape index (κ2) is 9.99. The molecule has 5 aromatic rings. The molecule has 2 aliphatic heterocycles. The fourth-order valence-electron chi connectivity index (χ4n) is 7.95. The zero-order chi connectivity index (χ0) is 30.4. The van der Waals surface area contributed by atoms with Crippen LogP contribution >= 0.6 is 0 Å². The van der Waals surface area contributed by atoms with Gasteiger partial charge in [0.15, 0.2) is 17.3 Å². The molecule has 9 rings (SSSR count). The number of nitrogens with zero attached hydrogens (tertiary/aromatic N) is 5. The summed E-state index contributed by atoms with van der Waals surface area (Å²) in [6.07, 6.45) is 4.77. The molecule has 3 aromatic heterocycles. The Morgan fingerprint density at radius 3 is 2.58 bits per heavy atom. The number of rotatable bonds is 6. The van der Waals surface area contributed by atoms with E-state index in [0.717, 1.165) is 75.9 Å². The van der Waals surface area contributed by atoms with E-state index < -0.39 is 0 Å². The largest absolute Gasteiger partial charge is 0.494 e. The third-order valence-corrected chi connectivity index (χ3v) is 10.6. The van der Waals surface area contributed by atoms with Crippen molar-refractivity contribution in [1.29, 1.82) is 0 Å². The SMILES string of the molecule is COc1cc(C(=O)N2CC3CCC2[C@@H]3C)cc2nc(-c3cc4ccc(-c5ccc6c(c5)OCCO6)nc4n3CC3CC3)n(C)c12. The van der Waals surface area contributed by atoms with Gasteiger partial charge in [0.2, 0.25) is 0 Å². The van der Waals surface area contributed by atoms with Crippen LogP contribution in [0.4, 0.5) is 0 Å². The Balaban J connectivity index is 1.14. The fourth-order valence-corrected chi connectivity index (χ4v) is 7.95. The lowest BCUT2D eigenvalue weighted by molar-refractivity contribution is 0.0696. The van der Waals surface area contributed by atoms with Gasteiger partial charge in [-0.05, 0) is 92.0 Å². The van der Waals surface area contributed by atoms with Crippen LogP contribution in [0.2, 0.25) is 0 Å². The van der Waals surface area contributed by atoms with E-state index in [-0.39, 0.29) is 5.91 Å². The summed E-state index contributed by atoms with van der Waals surface area (Å²) in [5.74, 6) is 4.93. The van der Waals surface area contributed by atoms with Crippen molar-refractivity contribution >= 4 is 28.0 Å². The van der Waals surface area contributed by atoms with E-state index in [4.69, 9.17) is 24.2 Å². The molecule has 1 saturated heterocycles.